The maximum Gasteiger partial charge on any atom is 2.00 e. The third-order valence-electron chi connectivity index (χ3n) is 0. The molecule has 0 saturated heterocycles. The first kappa shape index (κ1) is 15.7. The largest absolute Gasteiger partial charge is 2.00 e. The van der Waals surface area contributed by atoms with Gasteiger partial charge in [-0.2, -0.15) is 0 Å². The average molecular weight is 175 g/mol. The second kappa shape index (κ2) is 10.1. The molecule has 7 heteroatoms. The molecule has 0 spiro atoms. The summed E-state index contributed by atoms with van der Waals surface area (Å²) in [5.74, 6) is 0. The quantitative estimate of drug-likeness (QED) is 0.370. The van der Waals surface area contributed by atoms with Gasteiger partial charge in [-0.15, -0.1) is 0 Å². The van der Waals surface area contributed by atoms with Crippen LogP contribution in [0.2, 0.25) is 0 Å². The minimum Gasteiger partial charge on any atom is -0.530 e. The van der Waals surface area contributed by atoms with Crippen molar-refractivity contribution >= 4 is 12.2 Å². The number of rotatable bonds is 0. The topological polar surface area (TPSA) is 132 Å². The van der Waals surface area contributed by atoms with Crippen LogP contribution < -0.4 is 21.7 Å². The fourth-order valence-electron chi connectivity index (χ4n) is 0. The van der Waals surface area contributed by atoms with E-state index in [2.05, 4.69) is 11.5 Å². The van der Waals surface area contributed by atoms with Crippen LogP contribution in [-0.2, 0) is 17.1 Å². The number of hydrogen-bond acceptors (Lipinski definition) is 4. The van der Waals surface area contributed by atoms with Crippen LogP contribution in [0.3, 0.4) is 0 Å². The number of carbonyl (C=O) groups is 2. The number of hydrogen-bond donors (Lipinski definition) is 2. The normalized spacial score (nSPS) is 5.33. The van der Waals surface area contributed by atoms with Crippen LogP contribution in [0.25, 0.3) is 0 Å². The summed E-state index contributed by atoms with van der Waals surface area (Å²) in [5.41, 5.74) is 7.83. The third kappa shape index (κ3) is 204. The number of carbonyl (C=O) groups excluding carboxylic acids is 2. The Hall–Kier alpha value is -0.941. The standard InChI is InChI=1S/2CH3NO2.Mn/c2*2-1(3)4;/h2*2H2,(H,3,4);/q;;+2/p-2. The first-order chi connectivity index (χ1) is 3.46. The first-order valence-corrected chi connectivity index (χ1v) is 1.39. The van der Waals surface area contributed by atoms with E-state index in [1.807, 2.05) is 0 Å². The molecular weight excluding hydrogens is 171 g/mol. The molecule has 0 aliphatic carbocycles. The maximum absolute atomic E-state index is 8.67. The van der Waals surface area contributed by atoms with Gasteiger partial charge in [0.25, 0.3) is 0 Å². The molecular formula is C2H4MnN2O4. The van der Waals surface area contributed by atoms with Gasteiger partial charge >= 0.3 is 17.1 Å². The zero-order valence-electron chi connectivity index (χ0n) is 4.17. The van der Waals surface area contributed by atoms with E-state index in [1.54, 1.807) is 0 Å². The summed E-state index contributed by atoms with van der Waals surface area (Å²) in [5, 5.41) is 17.3. The molecule has 1 radical (unpaired) electrons. The van der Waals surface area contributed by atoms with E-state index in [9.17, 15) is 0 Å². The number of carboxylic acid groups (broad SMARTS) is 2. The Morgan fingerprint density at radius 2 is 1.00 bits per heavy atom. The predicted octanol–water partition coefficient (Wildman–Crippen LogP) is -3.43. The molecule has 0 aliphatic rings. The molecule has 4 N–H and O–H groups in total. The van der Waals surface area contributed by atoms with Crippen molar-refractivity contribution in [3.63, 3.8) is 0 Å². The Balaban J connectivity index is -0.0000000720. The maximum atomic E-state index is 8.67. The van der Waals surface area contributed by atoms with Gasteiger partial charge in [0.05, 0.1) is 0 Å². The molecule has 0 bridgehead atoms. The molecule has 9 heavy (non-hydrogen) atoms. The Morgan fingerprint density at radius 3 is 1.00 bits per heavy atom. The van der Waals surface area contributed by atoms with Crippen molar-refractivity contribution in [1.82, 2.24) is 0 Å². The van der Waals surface area contributed by atoms with Gasteiger partial charge in [-0.05, 0) is 0 Å². The van der Waals surface area contributed by atoms with Gasteiger partial charge in [-0.3, -0.25) is 0 Å². The molecule has 0 aliphatic heterocycles. The Bertz CT molecular complexity index is 74.6. The molecule has 2 amide bonds. The van der Waals surface area contributed by atoms with Crippen LogP contribution in [-0.4, -0.2) is 12.2 Å². The SMILES string of the molecule is NC(=O)[O-].NC(=O)[O-].[Mn+2]. The summed E-state index contributed by atoms with van der Waals surface area (Å²) in [6.07, 6.45) is -3.17. The molecule has 0 fully saturated rings. The van der Waals surface area contributed by atoms with Gasteiger partial charge in [0, 0.05) is 0 Å². The van der Waals surface area contributed by atoms with Gasteiger partial charge in [0.2, 0.25) is 0 Å². The molecule has 0 aromatic heterocycles. The molecule has 0 unspecified atom stereocenters. The van der Waals surface area contributed by atoms with E-state index in [0.717, 1.165) is 0 Å². The van der Waals surface area contributed by atoms with Crippen LogP contribution in [0.4, 0.5) is 9.59 Å². The predicted molar refractivity (Wildman–Crippen MR) is 19.2 cm³/mol. The van der Waals surface area contributed by atoms with Crippen LogP contribution in [0.15, 0.2) is 0 Å². The fraction of sp³-hybridized carbons (Fsp3) is 0. The van der Waals surface area contributed by atoms with Crippen molar-refractivity contribution in [3.8, 4) is 0 Å². The number of nitrogens with two attached hydrogens (primary N) is 2. The van der Waals surface area contributed by atoms with Crippen molar-refractivity contribution in [3.05, 3.63) is 0 Å². The van der Waals surface area contributed by atoms with Gasteiger partial charge in [-0.1, -0.05) is 0 Å². The molecule has 0 heterocycles. The minimum absolute atomic E-state index is 0. The monoisotopic (exact) mass is 175 g/mol. The van der Waals surface area contributed by atoms with Crippen molar-refractivity contribution < 1.29 is 36.9 Å². The number of amides is 2. The summed E-state index contributed by atoms with van der Waals surface area (Å²) in [6, 6.07) is 0. The smallest absolute Gasteiger partial charge is 0.530 e. The Morgan fingerprint density at radius 1 is 1.00 bits per heavy atom. The summed E-state index contributed by atoms with van der Waals surface area (Å²) in [4.78, 5) is 17.3. The average Bonchev–Trinajstić information content (AvgIpc) is 1.25. The van der Waals surface area contributed by atoms with Crippen molar-refractivity contribution in [2.45, 2.75) is 0 Å². The fourth-order valence-corrected chi connectivity index (χ4v) is 0. The van der Waals surface area contributed by atoms with Gasteiger partial charge in [0.15, 0.2) is 0 Å². The Labute approximate surface area is 61.3 Å². The summed E-state index contributed by atoms with van der Waals surface area (Å²) >= 11 is 0. The minimum atomic E-state index is -1.58. The van der Waals surface area contributed by atoms with Gasteiger partial charge in [-0.25, -0.2) is 0 Å². The zero-order valence-corrected chi connectivity index (χ0v) is 5.35. The van der Waals surface area contributed by atoms with E-state index in [1.165, 1.54) is 0 Å². The van der Waals surface area contributed by atoms with Crippen LogP contribution >= 0.6 is 0 Å². The molecule has 0 atom stereocenters. The summed E-state index contributed by atoms with van der Waals surface area (Å²) in [6.45, 7) is 0. The van der Waals surface area contributed by atoms with Crippen molar-refractivity contribution in [2.24, 2.45) is 11.5 Å². The summed E-state index contributed by atoms with van der Waals surface area (Å²) < 4.78 is 0. The van der Waals surface area contributed by atoms with Crippen LogP contribution in [0, 0.1) is 0 Å². The Kier molecular flexibility index (Phi) is 17.7. The van der Waals surface area contributed by atoms with Gasteiger partial charge < -0.3 is 31.3 Å². The van der Waals surface area contributed by atoms with Gasteiger partial charge in [0.1, 0.15) is 12.2 Å². The number of primary amides is 2. The van der Waals surface area contributed by atoms with Crippen LogP contribution in [0.5, 0.6) is 0 Å². The van der Waals surface area contributed by atoms with Crippen LogP contribution in [0.1, 0.15) is 0 Å². The van der Waals surface area contributed by atoms with Crippen molar-refractivity contribution in [1.29, 1.82) is 0 Å². The van der Waals surface area contributed by atoms with E-state index in [4.69, 9.17) is 19.8 Å². The second-order valence-electron chi connectivity index (χ2n) is 0.638. The third-order valence-corrected chi connectivity index (χ3v) is 0. The second-order valence-corrected chi connectivity index (χ2v) is 0.638. The molecule has 6 nitrogen and oxygen atoms in total. The first-order valence-electron chi connectivity index (χ1n) is 1.39. The van der Waals surface area contributed by atoms with E-state index in [0.29, 0.717) is 0 Å². The molecule has 53 valence electrons. The molecule has 0 saturated carbocycles. The zero-order chi connectivity index (χ0) is 7.15. The molecule has 0 aromatic carbocycles. The summed E-state index contributed by atoms with van der Waals surface area (Å²) in [7, 11) is 0. The van der Waals surface area contributed by atoms with E-state index in [-0.39, 0.29) is 17.1 Å². The van der Waals surface area contributed by atoms with E-state index < -0.39 is 12.2 Å². The molecule has 0 rings (SSSR count). The molecule has 0 aromatic rings. The van der Waals surface area contributed by atoms with E-state index >= 15 is 0 Å². The van der Waals surface area contributed by atoms with Crippen molar-refractivity contribution in [2.75, 3.05) is 0 Å².